The van der Waals surface area contributed by atoms with Gasteiger partial charge in [-0.15, -0.1) is 0 Å². The van der Waals surface area contributed by atoms with E-state index in [0.717, 1.165) is 55.0 Å². The summed E-state index contributed by atoms with van der Waals surface area (Å²) in [5, 5.41) is 3.97. The predicted molar refractivity (Wildman–Crippen MR) is 124 cm³/mol. The molecule has 0 radical (unpaired) electrons. The number of hydrogen-bond donors (Lipinski definition) is 1. The van der Waals surface area contributed by atoms with Crippen molar-refractivity contribution in [3.8, 4) is 11.1 Å². The first kappa shape index (κ1) is 20.8. The van der Waals surface area contributed by atoms with E-state index in [1.807, 2.05) is 12.1 Å². The number of alkyl carbamates (subject to hydrolysis) is 1. The number of nitrogens with zero attached hydrogens (tertiary/aromatic N) is 1. The monoisotopic (exact) mass is 438 g/mol. The van der Waals surface area contributed by atoms with Gasteiger partial charge in [-0.2, -0.15) is 0 Å². The van der Waals surface area contributed by atoms with Crippen LogP contribution in [0.3, 0.4) is 0 Å². The Morgan fingerprint density at radius 2 is 1.94 bits per heavy atom. The van der Waals surface area contributed by atoms with Gasteiger partial charge in [0.05, 0.1) is 6.04 Å². The second kappa shape index (κ2) is 7.83. The number of amides is 1. The van der Waals surface area contributed by atoms with Crippen molar-refractivity contribution in [2.45, 2.75) is 52.2 Å². The van der Waals surface area contributed by atoms with E-state index in [0.29, 0.717) is 5.92 Å². The molecule has 1 amide bonds. The molecule has 3 fully saturated rings. The smallest absolute Gasteiger partial charge is 0.407 e. The Bertz CT molecular complexity index is 1010. The second-order valence-corrected chi connectivity index (χ2v) is 10.6. The van der Waals surface area contributed by atoms with Crippen LogP contribution in [0.1, 0.15) is 49.4 Å². The average molecular weight is 439 g/mol. The van der Waals surface area contributed by atoms with Gasteiger partial charge in [0, 0.05) is 17.1 Å². The van der Waals surface area contributed by atoms with Gasteiger partial charge in [-0.05, 0) is 79.4 Å². The van der Waals surface area contributed by atoms with E-state index in [1.165, 1.54) is 16.7 Å². The Morgan fingerprint density at radius 3 is 2.65 bits per heavy atom. The lowest BCUT2D eigenvalue weighted by Crippen LogP contribution is -2.53. The summed E-state index contributed by atoms with van der Waals surface area (Å²) in [6.07, 6.45) is 2.93. The summed E-state index contributed by atoms with van der Waals surface area (Å²) < 4.78 is 5.91. The maximum absolute atomic E-state index is 12.8. The van der Waals surface area contributed by atoms with Gasteiger partial charge < -0.3 is 10.1 Å². The minimum Gasteiger partial charge on any atom is -0.445 e. The SMILES string of the molecule is Cc1ccc(Cl)c(-c2ccc3c(c2)CC(C)(C)C3NC(=O)O[C@H]2CN3CCC2CC3)c1. The van der Waals surface area contributed by atoms with Crippen molar-refractivity contribution in [3.63, 3.8) is 0 Å². The Hall–Kier alpha value is -2.04. The fraction of sp³-hybridized carbons (Fsp3) is 0.500. The molecule has 2 aromatic rings. The summed E-state index contributed by atoms with van der Waals surface area (Å²) in [6, 6.07) is 12.6. The molecule has 2 atom stereocenters. The molecule has 1 unspecified atom stereocenters. The standard InChI is InChI=1S/C26H31ClN2O2/c1-16-4-7-22(27)21(12-16)18-5-6-20-19(13-18)14-26(2,3)24(20)28-25(30)31-23-15-29-10-8-17(23)9-11-29/h4-7,12-13,17,23-24H,8-11,14-15H2,1-3H3,(H,28,30)/t23-,24?/m0/s1. The van der Waals surface area contributed by atoms with Crippen LogP contribution in [0.5, 0.6) is 0 Å². The number of ether oxygens (including phenoxy) is 1. The number of carbonyl (C=O) groups excluding carboxylic acids is 1. The van der Waals surface area contributed by atoms with Crippen molar-refractivity contribution in [2.75, 3.05) is 19.6 Å². The molecule has 31 heavy (non-hydrogen) atoms. The molecule has 6 rings (SSSR count). The van der Waals surface area contributed by atoms with Gasteiger partial charge in [0.2, 0.25) is 0 Å². The van der Waals surface area contributed by atoms with E-state index >= 15 is 0 Å². The first-order valence-corrected chi connectivity index (χ1v) is 11.8. The van der Waals surface area contributed by atoms with Crippen LogP contribution in [0.15, 0.2) is 36.4 Å². The minimum atomic E-state index is -0.282. The van der Waals surface area contributed by atoms with Crippen LogP contribution >= 0.6 is 11.6 Å². The summed E-state index contributed by atoms with van der Waals surface area (Å²) in [5.41, 5.74) is 5.75. The highest BCUT2D eigenvalue weighted by Gasteiger charge is 2.42. The van der Waals surface area contributed by atoms with Crippen LogP contribution < -0.4 is 5.32 Å². The summed E-state index contributed by atoms with van der Waals surface area (Å²) in [4.78, 5) is 15.2. The van der Waals surface area contributed by atoms with Crippen LogP contribution in [0.4, 0.5) is 4.79 Å². The van der Waals surface area contributed by atoms with Gasteiger partial charge >= 0.3 is 6.09 Å². The lowest BCUT2D eigenvalue weighted by Gasteiger charge is -2.44. The van der Waals surface area contributed by atoms with Crippen molar-refractivity contribution < 1.29 is 9.53 Å². The third-order valence-corrected chi connectivity index (χ3v) is 7.76. The number of nitrogens with one attached hydrogen (secondary N) is 1. The van der Waals surface area contributed by atoms with Gasteiger partial charge in [-0.1, -0.05) is 55.3 Å². The molecule has 4 nitrogen and oxygen atoms in total. The predicted octanol–water partition coefficient (Wildman–Crippen LogP) is 5.76. The zero-order valence-corrected chi connectivity index (χ0v) is 19.3. The summed E-state index contributed by atoms with van der Waals surface area (Å²) >= 11 is 6.48. The largest absolute Gasteiger partial charge is 0.445 e. The fourth-order valence-electron chi connectivity index (χ4n) is 5.69. The van der Waals surface area contributed by atoms with Crippen LogP contribution in [-0.4, -0.2) is 36.7 Å². The van der Waals surface area contributed by atoms with Gasteiger partial charge in [0.25, 0.3) is 0 Å². The zero-order valence-electron chi connectivity index (χ0n) is 18.6. The molecule has 0 saturated carbocycles. The molecule has 3 saturated heterocycles. The zero-order chi connectivity index (χ0) is 21.8. The number of piperidine rings is 3. The Balaban J connectivity index is 1.35. The Morgan fingerprint density at radius 1 is 1.16 bits per heavy atom. The number of hydrogen-bond acceptors (Lipinski definition) is 3. The molecule has 2 aromatic carbocycles. The first-order chi connectivity index (χ1) is 14.8. The van der Waals surface area contributed by atoms with Gasteiger partial charge in [0.15, 0.2) is 0 Å². The minimum absolute atomic E-state index is 0.0253. The topological polar surface area (TPSA) is 41.6 Å². The van der Waals surface area contributed by atoms with Crippen molar-refractivity contribution in [1.29, 1.82) is 0 Å². The molecule has 0 aromatic heterocycles. The third kappa shape index (κ3) is 3.96. The lowest BCUT2D eigenvalue weighted by atomic mass is 9.85. The first-order valence-electron chi connectivity index (χ1n) is 11.4. The van der Waals surface area contributed by atoms with Gasteiger partial charge in [-0.3, -0.25) is 4.90 Å². The van der Waals surface area contributed by atoms with E-state index in [1.54, 1.807) is 0 Å². The average Bonchev–Trinajstić information content (AvgIpc) is 2.99. The van der Waals surface area contributed by atoms with Crippen LogP contribution in [0.2, 0.25) is 5.02 Å². The van der Waals surface area contributed by atoms with Crippen LogP contribution in [-0.2, 0) is 11.2 Å². The number of rotatable bonds is 3. The summed E-state index contributed by atoms with van der Waals surface area (Å²) in [7, 11) is 0. The molecule has 1 aliphatic carbocycles. The summed E-state index contributed by atoms with van der Waals surface area (Å²) in [6.45, 7) is 9.67. The lowest BCUT2D eigenvalue weighted by molar-refractivity contribution is -0.0348. The number of carbonyl (C=O) groups is 1. The normalized spacial score (nSPS) is 28.3. The molecule has 2 bridgehead atoms. The maximum Gasteiger partial charge on any atom is 0.407 e. The van der Waals surface area contributed by atoms with Crippen molar-refractivity contribution in [2.24, 2.45) is 11.3 Å². The van der Waals surface area contributed by atoms with E-state index in [-0.39, 0.29) is 23.7 Å². The summed E-state index contributed by atoms with van der Waals surface area (Å²) in [5.74, 6) is 0.515. The Labute approximate surface area is 189 Å². The van der Waals surface area contributed by atoms with E-state index in [2.05, 4.69) is 55.3 Å². The highest BCUT2D eigenvalue weighted by molar-refractivity contribution is 6.33. The molecule has 4 aliphatic rings. The van der Waals surface area contributed by atoms with Gasteiger partial charge in [0.1, 0.15) is 6.10 Å². The third-order valence-electron chi connectivity index (χ3n) is 7.43. The van der Waals surface area contributed by atoms with Gasteiger partial charge in [-0.25, -0.2) is 4.79 Å². The van der Waals surface area contributed by atoms with E-state index < -0.39 is 0 Å². The molecular formula is C26H31ClN2O2. The molecular weight excluding hydrogens is 408 g/mol. The second-order valence-electron chi connectivity index (χ2n) is 10.2. The van der Waals surface area contributed by atoms with Crippen LogP contribution in [0.25, 0.3) is 11.1 Å². The maximum atomic E-state index is 12.8. The molecule has 164 valence electrons. The molecule has 3 aliphatic heterocycles. The molecule has 3 heterocycles. The molecule has 5 heteroatoms. The van der Waals surface area contributed by atoms with Crippen LogP contribution in [0, 0.1) is 18.3 Å². The number of benzene rings is 2. The highest BCUT2D eigenvalue weighted by Crippen LogP contribution is 2.46. The van der Waals surface area contributed by atoms with Crippen molar-refractivity contribution in [3.05, 3.63) is 58.1 Å². The number of halogens is 1. The number of fused-ring (bicyclic) bond motifs is 4. The molecule has 1 N–H and O–H groups in total. The fourth-order valence-corrected chi connectivity index (χ4v) is 5.92. The van der Waals surface area contributed by atoms with E-state index in [4.69, 9.17) is 16.3 Å². The van der Waals surface area contributed by atoms with Crippen molar-refractivity contribution in [1.82, 2.24) is 10.2 Å². The van der Waals surface area contributed by atoms with E-state index in [9.17, 15) is 4.79 Å². The number of aryl methyl sites for hydroxylation is 1. The molecule has 0 spiro atoms. The quantitative estimate of drug-likeness (QED) is 0.662. The highest BCUT2D eigenvalue weighted by atomic mass is 35.5. The Kier molecular flexibility index (Phi) is 5.26. The van der Waals surface area contributed by atoms with Crippen molar-refractivity contribution >= 4 is 17.7 Å².